The summed E-state index contributed by atoms with van der Waals surface area (Å²) in [6, 6.07) is 5.49. The molecule has 0 aliphatic heterocycles. The minimum atomic E-state index is -0.0639. The predicted octanol–water partition coefficient (Wildman–Crippen LogP) is 3.29. The van der Waals surface area contributed by atoms with Gasteiger partial charge >= 0.3 is 0 Å². The summed E-state index contributed by atoms with van der Waals surface area (Å²) in [6.45, 7) is 2.37. The molecule has 1 aliphatic carbocycles. The number of carbonyl (C=O) groups excluding carboxylic acids is 1. The van der Waals surface area contributed by atoms with Crippen molar-refractivity contribution in [2.45, 2.75) is 45.1 Å². The van der Waals surface area contributed by atoms with E-state index < -0.39 is 0 Å². The topological polar surface area (TPSA) is 55.1 Å². The Kier molecular flexibility index (Phi) is 5.44. The van der Waals surface area contributed by atoms with E-state index in [-0.39, 0.29) is 11.9 Å². The number of hydrogen-bond acceptors (Lipinski definition) is 2. The first-order valence-electron chi connectivity index (χ1n) is 7.39. The van der Waals surface area contributed by atoms with Crippen LogP contribution in [0, 0.1) is 12.8 Å². The summed E-state index contributed by atoms with van der Waals surface area (Å²) in [5.41, 5.74) is 7.33. The highest BCUT2D eigenvalue weighted by atomic mass is 35.5. The maximum absolute atomic E-state index is 12.4. The average molecular weight is 295 g/mol. The first kappa shape index (κ1) is 15.3. The van der Waals surface area contributed by atoms with Crippen LogP contribution in [0.15, 0.2) is 18.2 Å². The molecule has 4 heteroatoms. The molecule has 20 heavy (non-hydrogen) atoms. The molecule has 2 rings (SSSR count). The Morgan fingerprint density at radius 2 is 2.10 bits per heavy atom. The lowest BCUT2D eigenvalue weighted by molar-refractivity contribution is 0.0915. The van der Waals surface area contributed by atoms with Crippen molar-refractivity contribution < 1.29 is 4.79 Å². The van der Waals surface area contributed by atoms with Gasteiger partial charge in [-0.2, -0.15) is 0 Å². The third-order valence-electron chi connectivity index (χ3n) is 4.30. The van der Waals surface area contributed by atoms with E-state index in [9.17, 15) is 4.79 Å². The molecule has 1 atom stereocenters. The molecule has 0 heterocycles. The highest BCUT2D eigenvalue weighted by Crippen LogP contribution is 2.26. The molecule has 1 aromatic carbocycles. The fraction of sp³-hybridized carbons (Fsp3) is 0.562. The van der Waals surface area contributed by atoms with E-state index in [1.54, 1.807) is 6.07 Å². The number of hydrogen-bond donors (Lipinski definition) is 2. The van der Waals surface area contributed by atoms with Crippen LogP contribution >= 0.6 is 11.6 Å². The Morgan fingerprint density at radius 3 is 2.75 bits per heavy atom. The van der Waals surface area contributed by atoms with Crippen molar-refractivity contribution in [1.29, 1.82) is 0 Å². The maximum Gasteiger partial charge on any atom is 0.251 e. The lowest BCUT2D eigenvalue weighted by atomic mass is 9.83. The monoisotopic (exact) mass is 294 g/mol. The van der Waals surface area contributed by atoms with Gasteiger partial charge < -0.3 is 11.1 Å². The van der Waals surface area contributed by atoms with Crippen LogP contribution in [0.1, 0.15) is 48.0 Å². The Bertz CT molecular complexity index is 470. The van der Waals surface area contributed by atoms with Crippen molar-refractivity contribution >= 4 is 17.5 Å². The molecule has 0 aromatic heterocycles. The van der Waals surface area contributed by atoms with E-state index in [2.05, 4.69) is 5.32 Å². The lowest BCUT2D eigenvalue weighted by Crippen LogP contribution is -2.46. The second kappa shape index (κ2) is 7.09. The number of amides is 1. The van der Waals surface area contributed by atoms with Crippen LogP contribution in [0.2, 0.25) is 5.02 Å². The summed E-state index contributed by atoms with van der Waals surface area (Å²) in [5, 5.41) is 3.72. The van der Waals surface area contributed by atoms with Gasteiger partial charge in [0.15, 0.2) is 0 Å². The van der Waals surface area contributed by atoms with Crippen molar-refractivity contribution in [1.82, 2.24) is 5.32 Å². The maximum atomic E-state index is 12.4. The molecule has 110 valence electrons. The standard InChI is InChI=1S/C16H23ClN2O/c1-11-13(8-5-9-14(11)17)16(20)19-15(10-18)12-6-3-2-4-7-12/h5,8-9,12,15H,2-4,6-7,10,18H2,1H3,(H,19,20). The smallest absolute Gasteiger partial charge is 0.251 e. The molecule has 0 saturated heterocycles. The Labute approximate surface area is 125 Å². The van der Waals surface area contributed by atoms with Crippen LogP contribution in [-0.4, -0.2) is 18.5 Å². The molecule has 0 bridgehead atoms. The van der Waals surface area contributed by atoms with Crippen molar-refractivity contribution in [3.05, 3.63) is 34.3 Å². The van der Waals surface area contributed by atoms with E-state index in [0.29, 0.717) is 23.0 Å². The normalized spacial score (nSPS) is 17.8. The molecule has 3 nitrogen and oxygen atoms in total. The van der Waals surface area contributed by atoms with Crippen LogP contribution in [0.3, 0.4) is 0 Å². The molecular weight excluding hydrogens is 272 g/mol. The number of nitrogens with one attached hydrogen (secondary N) is 1. The largest absolute Gasteiger partial charge is 0.348 e. The summed E-state index contributed by atoms with van der Waals surface area (Å²) in [6.07, 6.45) is 6.11. The molecule has 1 aliphatic rings. The fourth-order valence-corrected chi connectivity index (χ4v) is 3.18. The van der Waals surface area contributed by atoms with E-state index in [4.69, 9.17) is 17.3 Å². The van der Waals surface area contributed by atoms with Gasteiger partial charge in [-0.15, -0.1) is 0 Å². The fourth-order valence-electron chi connectivity index (χ4n) is 3.01. The third-order valence-corrected chi connectivity index (χ3v) is 4.71. The van der Waals surface area contributed by atoms with Crippen LogP contribution in [-0.2, 0) is 0 Å². The quantitative estimate of drug-likeness (QED) is 0.895. The second-order valence-electron chi connectivity index (χ2n) is 5.63. The predicted molar refractivity (Wildman–Crippen MR) is 83.1 cm³/mol. The highest BCUT2D eigenvalue weighted by Gasteiger charge is 2.24. The number of nitrogens with two attached hydrogens (primary N) is 1. The van der Waals surface area contributed by atoms with Gasteiger partial charge in [0.25, 0.3) is 5.91 Å². The SMILES string of the molecule is Cc1c(Cl)cccc1C(=O)NC(CN)C1CCCCC1. The average Bonchev–Trinajstić information content (AvgIpc) is 2.48. The van der Waals surface area contributed by atoms with Gasteiger partial charge in [0.1, 0.15) is 0 Å². The van der Waals surface area contributed by atoms with Crippen molar-refractivity contribution in [2.75, 3.05) is 6.54 Å². The first-order valence-corrected chi connectivity index (χ1v) is 7.77. The number of benzene rings is 1. The summed E-state index contributed by atoms with van der Waals surface area (Å²) in [7, 11) is 0. The highest BCUT2D eigenvalue weighted by molar-refractivity contribution is 6.31. The Morgan fingerprint density at radius 1 is 1.40 bits per heavy atom. The van der Waals surface area contributed by atoms with Gasteiger partial charge in [0.2, 0.25) is 0 Å². The molecule has 1 amide bonds. The Hall–Kier alpha value is -1.06. The second-order valence-corrected chi connectivity index (χ2v) is 6.03. The van der Waals surface area contributed by atoms with Crippen molar-refractivity contribution in [3.8, 4) is 0 Å². The van der Waals surface area contributed by atoms with Crippen LogP contribution < -0.4 is 11.1 Å². The molecule has 1 saturated carbocycles. The number of rotatable bonds is 4. The molecule has 3 N–H and O–H groups in total. The van der Waals surface area contributed by atoms with Gasteiger partial charge in [0, 0.05) is 23.2 Å². The van der Waals surface area contributed by atoms with Gasteiger partial charge in [-0.3, -0.25) is 4.79 Å². The minimum Gasteiger partial charge on any atom is -0.348 e. The van der Waals surface area contributed by atoms with Gasteiger partial charge in [-0.05, 0) is 43.4 Å². The van der Waals surface area contributed by atoms with Gasteiger partial charge in [-0.1, -0.05) is 36.9 Å². The molecule has 1 aromatic rings. The van der Waals surface area contributed by atoms with Crippen molar-refractivity contribution in [2.24, 2.45) is 11.7 Å². The van der Waals surface area contributed by atoms with E-state index in [0.717, 1.165) is 18.4 Å². The molecule has 1 fully saturated rings. The molecule has 1 unspecified atom stereocenters. The zero-order valence-electron chi connectivity index (χ0n) is 12.0. The van der Waals surface area contributed by atoms with Crippen molar-refractivity contribution in [3.63, 3.8) is 0 Å². The van der Waals surface area contributed by atoms with Crippen LogP contribution in [0.4, 0.5) is 0 Å². The summed E-state index contributed by atoms with van der Waals surface area (Å²) < 4.78 is 0. The van der Waals surface area contributed by atoms with E-state index in [1.807, 2.05) is 19.1 Å². The zero-order chi connectivity index (χ0) is 14.5. The minimum absolute atomic E-state index is 0.0639. The molecule has 0 spiro atoms. The first-order chi connectivity index (χ1) is 9.63. The third kappa shape index (κ3) is 3.53. The van der Waals surface area contributed by atoms with Gasteiger partial charge in [0.05, 0.1) is 0 Å². The lowest BCUT2D eigenvalue weighted by Gasteiger charge is -2.30. The van der Waals surface area contributed by atoms with E-state index >= 15 is 0 Å². The molecule has 0 radical (unpaired) electrons. The van der Waals surface area contributed by atoms with Crippen LogP contribution in [0.25, 0.3) is 0 Å². The summed E-state index contributed by atoms with van der Waals surface area (Å²) in [5.74, 6) is 0.447. The van der Waals surface area contributed by atoms with Crippen LogP contribution in [0.5, 0.6) is 0 Å². The Balaban J connectivity index is 2.06. The van der Waals surface area contributed by atoms with E-state index in [1.165, 1.54) is 19.3 Å². The summed E-state index contributed by atoms with van der Waals surface area (Å²) >= 11 is 6.07. The summed E-state index contributed by atoms with van der Waals surface area (Å²) in [4.78, 5) is 12.4. The zero-order valence-corrected chi connectivity index (χ0v) is 12.7. The number of halogens is 1. The molecular formula is C16H23ClN2O. The number of carbonyl (C=O) groups is 1. The van der Waals surface area contributed by atoms with Gasteiger partial charge in [-0.25, -0.2) is 0 Å².